The van der Waals surface area contributed by atoms with E-state index in [1.807, 2.05) is 30.3 Å². The zero-order valence-electron chi connectivity index (χ0n) is 14.2. The molecule has 0 aromatic heterocycles. The predicted octanol–water partition coefficient (Wildman–Crippen LogP) is 2.24. The third-order valence-corrected chi connectivity index (χ3v) is 4.38. The fourth-order valence-electron chi connectivity index (χ4n) is 3.03. The van der Waals surface area contributed by atoms with Crippen LogP contribution in [0.3, 0.4) is 0 Å². The molecule has 2 aromatic rings. The van der Waals surface area contributed by atoms with Gasteiger partial charge in [0.25, 0.3) is 5.91 Å². The van der Waals surface area contributed by atoms with Gasteiger partial charge in [-0.25, -0.2) is 4.79 Å². The Morgan fingerprint density at radius 3 is 2.54 bits per heavy atom. The van der Waals surface area contributed by atoms with Crippen LogP contribution >= 0.6 is 0 Å². The molecule has 2 amide bonds. The van der Waals surface area contributed by atoms with Crippen LogP contribution in [0.4, 0.5) is 5.69 Å². The fourth-order valence-corrected chi connectivity index (χ4v) is 3.03. The molecule has 1 heterocycles. The molecule has 0 aliphatic carbocycles. The molecule has 0 radical (unpaired) electrons. The number of nitrogens with zero attached hydrogens (tertiary/aromatic N) is 1. The molecule has 0 spiro atoms. The molecule has 2 N–H and O–H groups in total. The van der Waals surface area contributed by atoms with Gasteiger partial charge >= 0.3 is 5.97 Å². The number of hydrogen-bond donors (Lipinski definition) is 2. The van der Waals surface area contributed by atoms with E-state index < -0.39 is 17.9 Å². The topological polar surface area (TPSA) is 86.7 Å². The van der Waals surface area contributed by atoms with Crippen molar-refractivity contribution < 1.29 is 19.5 Å². The van der Waals surface area contributed by atoms with Crippen molar-refractivity contribution in [3.05, 3.63) is 65.7 Å². The van der Waals surface area contributed by atoms with Crippen LogP contribution in [0.5, 0.6) is 0 Å². The second kappa shape index (κ2) is 7.82. The Bertz CT molecular complexity index is 820. The average molecular weight is 352 g/mol. The molecule has 1 aliphatic heterocycles. The summed E-state index contributed by atoms with van der Waals surface area (Å²) < 4.78 is 0. The molecule has 3 rings (SSSR count). The minimum atomic E-state index is -1.09. The van der Waals surface area contributed by atoms with E-state index in [1.54, 1.807) is 29.2 Å². The molecule has 0 unspecified atom stereocenters. The SMILES string of the molecule is O=C(N[C@@H](Cc1ccccc1)C(=O)O)c1cccc(N2CCCC2=O)c1. The van der Waals surface area contributed by atoms with Gasteiger partial charge < -0.3 is 15.3 Å². The van der Waals surface area contributed by atoms with Gasteiger partial charge in [0.1, 0.15) is 6.04 Å². The summed E-state index contributed by atoms with van der Waals surface area (Å²) in [6, 6.07) is 14.8. The van der Waals surface area contributed by atoms with Crippen molar-refractivity contribution in [2.24, 2.45) is 0 Å². The lowest BCUT2D eigenvalue weighted by Crippen LogP contribution is -2.42. The number of carbonyl (C=O) groups is 3. The van der Waals surface area contributed by atoms with E-state index in [0.29, 0.717) is 24.2 Å². The average Bonchev–Trinajstić information content (AvgIpc) is 3.08. The second-order valence-electron chi connectivity index (χ2n) is 6.25. The number of amides is 2. The monoisotopic (exact) mass is 352 g/mol. The van der Waals surface area contributed by atoms with Crippen LogP contribution < -0.4 is 10.2 Å². The second-order valence-corrected chi connectivity index (χ2v) is 6.25. The van der Waals surface area contributed by atoms with Crippen molar-refractivity contribution in [3.8, 4) is 0 Å². The number of rotatable bonds is 6. The van der Waals surface area contributed by atoms with Crippen LogP contribution in [0.1, 0.15) is 28.8 Å². The van der Waals surface area contributed by atoms with Crippen molar-refractivity contribution >= 4 is 23.5 Å². The highest BCUT2D eigenvalue weighted by Gasteiger charge is 2.24. The summed E-state index contributed by atoms with van der Waals surface area (Å²) in [6.07, 6.45) is 1.51. The number of anilines is 1. The maximum Gasteiger partial charge on any atom is 0.326 e. The molecule has 2 aromatic carbocycles. The number of carboxylic acid groups (broad SMARTS) is 1. The maximum atomic E-state index is 12.5. The minimum absolute atomic E-state index is 0.0371. The van der Waals surface area contributed by atoms with Crippen LogP contribution in [0.2, 0.25) is 0 Å². The molecule has 134 valence electrons. The van der Waals surface area contributed by atoms with Gasteiger partial charge in [0.05, 0.1) is 0 Å². The van der Waals surface area contributed by atoms with Gasteiger partial charge in [-0.05, 0) is 30.2 Å². The quantitative estimate of drug-likeness (QED) is 0.835. The zero-order valence-corrected chi connectivity index (χ0v) is 14.2. The van der Waals surface area contributed by atoms with Crippen LogP contribution in [-0.2, 0) is 16.0 Å². The molecular formula is C20H20N2O4. The summed E-state index contributed by atoms with van der Waals surface area (Å²) in [5, 5.41) is 12.0. The van der Waals surface area contributed by atoms with Crippen LogP contribution in [0.15, 0.2) is 54.6 Å². The standard InChI is InChI=1S/C20H20N2O4/c23-18-10-5-11-22(18)16-9-4-8-15(13-16)19(24)21-17(20(25)26)12-14-6-2-1-3-7-14/h1-4,6-9,13,17H,5,10-12H2,(H,21,24)(H,25,26)/t17-/m0/s1. The van der Waals surface area contributed by atoms with Gasteiger partial charge in [0.2, 0.25) is 5.91 Å². The number of benzene rings is 2. The third-order valence-electron chi connectivity index (χ3n) is 4.38. The molecular weight excluding hydrogens is 332 g/mol. The lowest BCUT2D eigenvalue weighted by Gasteiger charge is -2.18. The highest BCUT2D eigenvalue weighted by atomic mass is 16.4. The number of carbonyl (C=O) groups excluding carboxylic acids is 2. The summed E-state index contributed by atoms with van der Waals surface area (Å²) in [5.41, 5.74) is 1.83. The first kappa shape index (κ1) is 17.7. The van der Waals surface area contributed by atoms with Crippen molar-refractivity contribution in [3.63, 3.8) is 0 Å². The lowest BCUT2D eigenvalue weighted by atomic mass is 10.1. The largest absolute Gasteiger partial charge is 0.480 e. The molecule has 1 aliphatic rings. The summed E-state index contributed by atoms with van der Waals surface area (Å²) in [5.74, 6) is -1.52. The maximum absolute atomic E-state index is 12.5. The van der Waals surface area contributed by atoms with Crippen LogP contribution in [0.25, 0.3) is 0 Å². The molecule has 6 heteroatoms. The highest BCUT2D eigenvalue weighted by molar-refractivity contribution is 6.00. The van der Waals surface area contributed by atoms with Gasteiger partial charge in [-0.3, -0.25) is 9.59 Å². The van der Waals surface area contributed by atoms with E-state index in [0.717, 1.165) is 12.0 Å². The van der Waals surface area contributed by atoms with Crippen molar-refractivity contribution in [1.29, 1.82) is 0 Å². The van der Waals surface area contributed by atoms with Crippen molar-refractivity contribution in [2.75, 3.05) is 11.4 Å². The molecule has 1 saturated heterocycles. The fraction of sp³-hybridized carbons (Fsp3) is 0.250. The van der Waals surface area contributed by atoms with E-state index in [9.17, 15) is 19.5 Å². The molecule has 26 heavy (non-hydrogen) atoms. The minimum Gasteiger partial charge on any atom is -0.480 e. The first-order valence-corrected chi connectivity index (χ1v) is 8.52. The Labute approximate surface area is 151 Å². The van der Waals surface area contributed by atoms with Gasteiger partial charge in [-0.1, -0.05) is 36.4 Å². The number of carboxylic acids is 1. The van der Waals surface area contributed by atoms with Crippen LogP contribution in [-0.4, -0.2) is 35.5 Å². The van der Waals surface area contributed by atoms with Gasteiger partial charge in [-0.15, -0.1) is 0 Å². The van der Waals surface area contributed by atoms with E-state index in [2.05, 4.69) is 5.32 Å². The summed E-state index contributed by atoms with van der Waals surface area (Å²) in [6.45, 7) is 0.635. The zero-order chi connectivity index (χ0) is 18.5. The first-order valence-electron chi connectivity index (χ1n) is 8.52. The summed E-state index contributed by atoms with van der Waals surface area (Å²) >= 11 is 0. The molecule has 6 nitrogen and oxygen atoms in total. The predicted molar refractivity (Wildman–Crippen MR) is 97.1 cm³/mol. The van der Waals surface area contributed by atoms with Crippen molar-refractivity contribution in [1.82, 2.24) is 5.32 Å². The summed E-state index contributed by atoms with van der Waals surface area (Å²) in [7, 11) is 0. The molecule has 0 saturated carbocycles. The third kappa shape index (κ3) is 4.08. The Kier molecular flexibility index (Phi) is 5.31. The van der Waals surface area contributed by atoms with Gasteiger partial charge in [-0.2, -0.15) is 0 Å². The van der Waals surface area contributed by atoms with E-state index in [4.69, 9.17) is 0 Å². The highest BCUT2D eigenvalue weighted by Crippen LogP contribution is 2.22. The lowest BCUT2D eigenvalue weighted by molar-refractivity contribution is -0.139. The smallest absolute Gasteiger partial charge is 0.326 e. The molecule has 0 bridgehead atoms. The van der Waals surface area contributed by atoms with Crippen molar-refractivity contribution in [2.45, 2.75) is 25.3 Å². The number of hydrogen-bond acceptors (Lipinski definition) is 3. The van der Waals surface area contributed by atoms with Crippen LogP contribution in [0, 0.1) is 0 Å². The Morgan fingerprint density at radius 1 is 1.12 bits per heavy atom. The number of nitrogens with one attached hydrogen (secondary N) is 1. The summed E-state index contributed by atoms with van der Waals surface area (Å²) in [4.78, 5) is 37.6. The van der Waals surface area contributed by atoms with E-state index >= 15 is 0 Å². The Morgan fingerprint density at radius 2 is 1.88 bits per heavy atom. The number of aliphatic carboxylic acids is 1. The Hall–Kier alpha value is -3.15. The van der Waals surface area contributed by atoms with E-state index in [-0.39, 0.29) is 12.3 Å². The first-order chi connectivity index (χ1) is 12.5. The van der Waals surface area contributed by atoms with E-state index in [1.165, 1.54) is 0 Å². The Balaban J connectivity index is 1.73. The normalized spacial score (nSPS) is 14.9. The molecule has 1 atom stereocenters. The van der Waals surface area contributed by atoms with Gasteiger partial charge in [0.15, 0.2) is 0 Å². The van der Waals surface area contributed by atoms with Gasteiger partial charge in [0, 0.05) is 30.6 Å². The molecule has 1 fully saturated rings.